The van der Waals surface area contributed by atoms with Crippen molar-refractivity contribution < 1.29 is 0 Å². The van der Waals surface area contributed by atoms with Crippen molar-refractivity contribution in [1.29, 1.82) is 0 Å². The minimum Gasteiger partial charge on any atom is -0.380 e. The summed E-state index contributed by atoms with van der Waals surface area (Å²) in [6.45, 7) is 2.63. The molecule has 0 bridgehead atoms. The van der Waals surface area contributed by atoms with Crippen LogP contribution >= 0.6 is 0 Å². The Morgan fingerprint density at radius 1 is 1.06 bits per heavy atom. The van der Waals surface area contributed by atoms with Crippen molar-refractivity contribution in [1.82, 2.24) is 4.90 Å². The number of piperidine rings is 2. The van der Waals surface area contributed by atoms with E-state index in [1.807, 2.05) is 0 Å². The van der Waals surface area contributed by atoms with Gasteiger partial charge in [-0.15, -0.1) is 0 Å². The Labute approximate surface area is 103 Å². The lowest BCUT2D eigenvalue weighted by molar-refractivity contribution is 0.0895. The highest BCUT2D eigenvalue weighted by Gasteiger charge is 2.43. The molecule has 1 aromatic carbocycles. The van der Waals surface area contributed by atoms with Crippen LogP contribution in [0.25, 0.3) is 0 Å². The van der Waals surface area contributed by atoms with E-state index < -0.39 is 0 Å². The van der Waals surface area contributed by atoms with E-state index in [1.54, 1.807) is 5.56 Å². The first-order valence-corrected chi connectivity index (χ1v) is 7.03. The number of rotatable bonds is 0. The van der Waals surface area contributed by atoms with Gasteiger partial charge in [0.1, 0.15) is 0 Å². The van der Waals surface area contributed by atoms with E-state index in [-0.39, 0.29) is 0 Å². The molecule has 1 aromatic rings. The molecule has 90 valence electrons. The van der Waals surface area contributed by atoms with Crippen LogP contribution in [0.3, 0.4) is 0 Å². The number of para-hydroxylation sites is 1. The average Bonchev–Trinajstić information content (AvgIpc) is 2.78. The van der Waals surface area contributed by atoms with Gasteiger partial charge in [-0.25, -0.2) is 0 Å². The average molecular weight is 228 g/mol. The molecule has 0 saturated carbocycles. The van der Waals surface area contributed by atoms with Crippen LogP contribution < -0.4 is 5.32 Å². The fraction of sp³-hybridized carbons (Fsp3) is 0.600. The van der Waals surface area contributed by atoms with Gasteiger partial charge in [-0.1, -0.05) is 24.6 Å². The van der Waals surface area contributed by atoms with Gasteiger partial charge in [0.05, 0.1) is 0 Å². The van der Waals surface area contributed by atoms with Crippen LogP contribution in [0.1, 0.15) is 37.2 Å². The van der Waals surface area contributed by atoms with Gasteiger partial charge in [0.2, 0.25) is 0 Å². The molecule has 3 aliphatic rings. The lowest BCUT2D eigenvalue weighted by Crippen LogP contribution is -2.54. The van der Waals surface area contributed by atoms with Crippen molar-refractivity contribution in [2.45, 2.75) is 43.7 Å². The molecule has 0 aromatic heterocycles. The van der Waals surface area contributed by atoms with E-state index in [2.05, 4.69) is 34.5 Å². The minimum atomic E-state index is 0.682. The fourth-order valence-electron chi connectivity index (χ4n) is 4.13. The van der Waals surface area contributed by atoms with Crippen molar-refractivity contribution in [3.05, 3.63) is 29.8 Å². The third-order valence-electron chi connectivity index (χ3n) is 4.92. The first kappa shape index (κ1) is 9.95. The van der Waals surface area contributed by atoms with Crippen molar-refractivity contribution in [2.24, 2.45) is 0 Å². The van der Waals surface area contributed by atoms with Crippen LogP contribution in [-0.4, -0.2) is 30.1 Å². The number of anilines is 1. The monoisotopic (exact) mass is 228 g/mol. The highest BCUT2D eigenvalue weighted by molar-refractivity contribution is 5.60. The Balaban J connectivity index is 1.68. The normalized spacial score (nSPS) is 35.6. The van der Waals surface area contributed by atoms with Crippen LogP contribution in [0.5, 0.6) is 0 Å². The number of hydrogen-bond donors (Lipinski definition) is 1. The Hall–Kier alpha value is -1.02. The molecule has 3 heterocycles. The third-order valence-corrected chi connectivity index (χ3v) is 4.92. The maximum Gasteiger partial charge on any atom is 0.0486 e. The molecule has 3 aliphatic heterocycles. The summed E-state index contributed by atoms with van der Waals surface area (Å²) in [6, 6.07) is 10.4. The maximum absolute atomic E-state index is 3.79. The first-order valence-electron chi connectivity index (χ1n) is 7.03. The largest absolute Gasteiger partial charge is 0.380 e. The van der Waals surface area contributed by atoms with E-state index in [0.29, 0.717) is 6.04 Å². The van der Waals surface area contributed by atoms with Crippen molar-refractivity contribution in [2.75, 3.05) is 18.4 Å². The second-order valence-corrected chi connectivity index (χ2v) is 5.75. The molecule has 2 fully saturated rings. The summed E-state index contributed by atoms with van der Waals surface area (Å²) in [6.07, 6.45) is 5.55. The van der Waals surface area contributed by atoms with Gasteiger partial charge >= 0.3 is 0 Å². The van der Waals surface area contributed by atoms with E-state index in [0.717, 1.165) is 12.0 Å². The van der Waals surface area contributed by atoms with Gasteiger partial charge in [-0.2, -0.15) is 0 Å². The van der Waals surface area contributed by atoms with E-state index in [9.17, 15) is 0 Å². The topological polar surface area (TPSA) is 15.3 Å². The molecule has 2 saturated heterocycles. The molecule has 0 spiro atoms. The van der Waals surface area contributed by atoms with E-state index >= 15 is 0 Å². The Bertz CT molecular complexity index is 429. The number of nitrogens with zero attached hydrogens (tertiary/aromatic N) is 1. The van der Waals surface area contributed by atoms with Gasteiger partial charge < -0.3 is 5.32 Å². The van der Waals surface area contributed by atoms with Gasteiger partial charge in [0.15, 0.2) is 0 Å². The Kier molecular flexibility index (Phi) is 2.19. The molecule has 0 radical (unpaired) electrons. The highest BCUT2D eigenvalue weighted by Crippen LogP contribution is 2.44. The number of fused-ring (bicyclic) bond motifs is 5. The molecule has 1 N–H and O–H groups in total. The van der Waals surface area contributed by atoms with E-state index in [4.69, 9.17) is 0 Å². The molecule has 2 heteroatoms. The van der Waals surface area contributed by atoms with Crippen LogP contribution in [0.15, 0.2) is 24.3 Å². The predicted molar refractivity (Wildman–Crippen MR) is 70.4 cm³/mol. The molecule has 17 heavy (non-hydrogen) atoms. The first-order chi connectivity index (χ1) is 8.43. The summed E-state index contributed by atoms with van der Waals surface area (Å²) in [4.78, 5) is 2.73. The van der Waals surface area contributed by atoms with Crippen LogP contribution in [0, 0.1) is 0 Å². The second kappa shape index (κ2) is 3.74. The lowest BCUT2D eigenvalue weighted by Gasteiger charge is -2.45. The highest BCUT2D eigenvalue weighted by atomic mass is 15.2. The molecule has 4 rings (SSSR count). The smallest absolute Gasteiger partial charge is 0.0486 e. The summed E-state index contributed by atoms with van der Waals surface area (Å²) in [5.41, 5.74) is 2.97. The molecule has 3 unspecified atom stereocenters. The SMILES string of the molecule is c1ccc2c(c1)NC1C2CCN2CCCCC12. The standard InChI is InChI=1S/C15H20N2/c1-2-6-13-11(5-1)12-8-10-17-9-4-3-7-14(17)15(12)16-13/h1-2,5-6,12,14-16H,3-4,7-10H2. The third kappa shape index (κ3) is 1.43. The predicted octanol–water partition coefficient (Wildman–Crippen LogP) is 2.82. The molecule has 0 aliphatic carbocycles. The zero-order valence-corrected chi connectivity index (χ0v) is 10.2. The van der Waals surface area contributed by atoms with E-state index in [1.165, 1.54) is 44.5 Å². The Morgan fingerprint density at radius 2 is 2.00 bits per heavy atom. The van der Waals surface area contributed by atoms with Crippen LogP contribution in [0.4, 0.5) is 5.69 Å². The van der Waals surface area contributed by atoms with Gasteiger partial charge in [-0.05, 0) is 44.0 Å². The van der Waals surface area contributed by atoms with Crippen molar-refractivity contribution in [3.63, 3.8) is 0 Å². The summed E-state index contributed by atoms with van der Waals surface area (Å²) in [5.74, 6) is 0.769. The Morgan fingerprint density at radius 3 is 3.00 bits per heavy atom. The number of benzene rings is 1. The molecule has 2 nitrogen and oxygen atoms in total. The lowest BCUT2D eigenvalue weighted by atomic mass is 9.80. The minimum absolute atomic E-state index is 0.682. The van der Waals surface area contributed by atoms with Gasteiger partial charge in [0.25, 0.3) is 0 Å². The molecular weight excluding hydrogens is 208 g/mol. The molecule has 3 atom stereocenters. The molecular formula is C15H20N2. The van der Waals surface area contributed by atoms with Gasteiger partial charge in [-0.3, -0.25) is 4.90 Å². The maximum atomic E-state index is 3.79. The van der Waals surface area contributed by atoms with Crippen molar-refractivity contribution in [3.8, 4) is 0 Å². The summed E-state index contributed by atoms with van der Waals surface area (Å²) in [7, 11) is 0. The number of nitrogens with one attached hydrogen (secondary N) is 1. The van der Waals surface area contributed by atoms with Crippen LogP contribution in [-0.2, 0) is 0 Å². The zero-order chi connectivity index (χ0) is 11.2. The quantitative estimate of drug-likeness (QED) is 0.734. The summed E-state index contributed by atoms with van der Waals surface area (Å²) in [5, 5.41) is 3.79. The molecule has 0 amide bonds. The van der Waals surface area contributed by atoms with Gasteiger partial charge in [0, 0.05) is 23.7 Å². The van der Waals surface area contributed by atoms with Crippen molar-refractivity contribution >= 4 is 5.69 Å². The summed E-state index contributed by atoms with van der Waals surface area (Å²) < 4.78 is 0. The summed E-state index contributed by atoms with van der Waals surface area (Å²) >= 11 is 0. The second-order valence-electron chi connectivity index (χ2n) is 5.75. The zero-order valence-electron chi connectivity index (χ0n) is 10.2. The van der Waals surface area contributed by atoms with Crippen LogP contribution in [0.2, 0.25) is 0 Å². The fourth-order valence-corrected chi connectivity index (χ4v) is 4.13. The number of hydrogen-bond acceptors (Lipinski definition) is 2.